The van der Waals surface area contributed by atoms with E-state index < -0.39 is 0 Å². The molecule has 0 bridgehead atoms. The molecule has 4 nitrogen and oxygen atoms in total. The number of rotatable bonds is 6. The van der Waals surface area contributed by atoms with Crippen LogP contribution in [0.15, 0.2) is 12.4 Å². The highest BCUT2D eigenvalue weighted by molar-refractivity contribution is 4.91. The van der Waals surface area contributed by atoms with Crippen LogP contribution in [0.4, 0.5) is 0 Å². The lowest BCUT2D eigenvalue weighted by Crippen LogP contribution is -2.37. The molecule has 0 radical (unpaired) electrons. The first-order valence-corrected chi connectivity index (χ1v) is 5.33. The molecule has 1 N–H and O–H groups in total. The molecule has 1 atom stereocenters. The van der Waals surface area contributed by atoms with Crippen molar-refractivity contribution in [1.82, 2.24) is 14.9 Å². The maximum atomic E-state index is 5.18. The summed E-state index contributed by atoms with van der Waals surface area (Å²) in [5, 5.41) is 3.46. The SMILES string of the molecule is COCC(NCc1nccn1C)C(C)C. The van der Waals surface area contributed by atoms with Crippen molar-refractivity contribution < 1.29 is 4.74 Å². The zero-order valence-corrected chi connectivity index (χ0v) is 10.0. The molecular formula is C11H21N3O. The summed E-state index contributed by atoms with van der Waals surface area (Å²) >= 11 is 0. The fourth-order valence-electron chi connectivity index (χ4n) is 1.46. The topological polar surface area (TPSA) is 39.1 Å². The van der Waals surface area contributed by atoms with Crippen LogP contribution in [0.25, 0.3) is 0 Å². The Balaban J connectivity index is 2.43. The fourth-order valence-corrected chi connectivity index (χ4v) is 1.46. The smallest absolute Gasteiger partial charge is 0.122 e. The van der Waals surface area contributed by atoms with Gasteiger partial charge in [0.15, 0.2) is 0 Å². The number of ether oxygens (including phenoxy) is 1. The number of methoxy groups -OCH3 is 1. The predicted octanol–water partition coefficient (Wildman–Crippen LogP) is 1.18. The van der Waals surface area contributed by atoms with Gasteiger partial charge in [-0.3, -0.25) is 0 Å². The van der Waals surface area contributed by atoms with Crippen LogP contribution >= 0.6 is 0 Å². The Hall–Kier alpha value is -0.870. The third-order valence-electron chi connectivity index (χ3n) is 2.59. The fraction of sp³-hybridized carbons (Fsp3) is 0.727. The third-order valence-corrected chi connectivity index (χ3v) is 2.59. The van der Waals surface area contributed by atoms with Crippen molar-refractivity contribution in [3.8, 4) is 0 Å². The monoisotopic (exact) mass is 211 g/mol. The van der Waals surface area contributed by atoms with E-state index >= 15 is 0 Å². The highest BCUT2D eigenvalue weighted by atomic mass is 16.5. The average Bonchev–Trinajstić information content (AvgIpc) is 2.58. The van der Waals surface area contributed by atoms with Crippen molar-refractivity contribution in [3.05, 3.63) is 18.2 Å². The second-order valence-corrected chi connectivity index (χ2v) is 4.14. The van der Waals surface area contributed by atoms with Crippen molar-refractivity contribution in [1.29, 1.82) is 0 Å². The highest BCUT2D eigenvalue weighted by Gasteiger charge is 2.12. The summed E-state index contributed by atoms with van der Waals surface area (Å²) in [6, 6.07) is 0.381. The van der Waals surface area contributed by atoms with E-state index in [-0.39, 0.29) is 0 Å². The maximum absolute atomic E-state index is 5.18. The van der Waals surface area contributed by atoms with Gasteiger partial charge in [-0.2, -0.15) is 0 Å². The van der Waals surface area contributed by atoms with Gasteiger partial charge in [-0.05, 0) is 5.92 Å². The van der Waals surface area contributed by atoms with Gasteiger partial charge in [0.2, 0.25) is 0 Å². The molecule has 15 heavy (non-hydrogen) atoms. The Labute approximate surface area is 91.7 Å². The zero-order valence-electron chi connectivity index (χ0n) is 10.0. The first-order chi connectivity index (χ1) is 7.15. The summed E-state index contributed by atoms with van der Waals surface area (Å²) < 4.78 is 7.20. The molecule has 1 aromatic heterocycles. The molecular weight excluding hydrogens is 190 g/mol. The highest BCUT2D eigenvalue weighted by Crippen LogP contribution is 2.03. The normalized spacial score (nSPS) is 13.4. The van der Waals surface area contributed by atoms with E-state index in [1.807, 2.05) is 24.0 Å². The summed E-state index contributed by atoms with van der Waals surface area (Å²) in [5.41, 5.74) is 0. The van der Waals surface area contributed by atoms with Gasteiger partial charge >= 0.3 is 0 Å². The molecule has 0 fully saturated rings. The molecule has 1 aromatic rings. The summed E-state index contributed by atoms with van der Waals surface area (Å²) in [6.45, 7) is 5.90. The maximum Gasteiger partial charge on any atom is 0.122 e. The van der Waals surface area contributed by atoms with Crippen LogP contribution in [0.3, 0.4) is 0 Å². The Bertz CT molecular complexity index is 283. The van der Waals surface area contributed by atoms with Crippen LogP contribution in [0.1, 0.15) is 19.7 Å². The molecule has 0 aliphatic rings. The molecule has 0 saturated carbocycles. The Kier molecular flexibility index (Phi) is 4.78. The van der Waals surface area contributed by atoms with Crippen LogP contribution in [-0.2, 0) is 18.3 Å². The van der Waals surface area contributed by atoms with E-state index in [1.54, 1.807) is 7.11 Å². The van der Waals surface area contributed by atoms with Crippen molar-refractivity contribution >= 4 is 0 Å². The van der Waals surface area contributed by atoms with E-state index in [9.17, 15) is 0 Å². The van der Waals surface area contributed by atoms with Gasteiger partial charge in [0.1, 0.15) is 5.82 Å². The van der Waals surface area contributed by atoms with Crippen LogP contribution in [0, 0.1) is 5.92 Å². The summed E-state index contributed by atoms with van der Waals surface area (Å²) in [7, 11) is 3.74. The second kappa shape index (κ2) is 5.88. The number of nitrogens with one attached hydrogen (secondary N) is 1. The molecule has 0 aliphatic carbocycles. The van der Waals surface area contributed by atoms with Gasteiger partial charge < -0.3 is 14.6 Å². The van der Waals surface area contributed by atoms with Gasteiger partial charge in [0, 0.05) is 32.6 Å². The first kappa shape index (κ1) is 12.2. The minimum absolute atomic E-state index is 0.381. The number of nitrogens with zero attached hydrogens (tertiary/aromatic N) is 2. The number of hydrogen-bond donors (Lipinski definition) is 1. The molecule has 1 unspecified atom stereocenters. The molecule has 1 heterocycles. The quantitative estimate of drug-likeness (QED) is 0.768. The molecule has 86 valence electrons. The van der Waals surface area contributed by atoms with Gasteiger partial charge in [-0.25, -0.2) is 4.98 Å². The van der Waals surface area contributed by atoms with Crippen molar-refractivity contribution in [2.24, 2.45) is 13.0 Å². The van der Waals surface area contributed by atoms with Crippen molar-refractivity contribution in [2.75, 3.05) is 13.7 Å². The van der Waals surface area contributed by atoms with Crippen LogP contribution < -0.4 is 5.32 Å². The third kappa shape index (κ3) is 3.64. The predicted molar refractivity (Wildman–Crippen MR) is 60.5 cm³/mol. The van der Waals surface area contributed by atoms with Gasteiger partial charge in [-0.15, -0.1) is 0 Å². The van der Waals surface area contributed by atoms with E-state index in [1.165, 1.54) is 0 Å². The molecule has 0 aliphatic heterocycles. The van der Waals surface area contributed by atoms with Crippen LogP contribution in [0.2, 0.25) is 0 Å². The van der Waals surface area contributed by atoms with E-state index in [2.05, 4.69) is 24.1 Å². The zero-order chi connectivity index (χ0) is 11.3. The Morgan fingerprint density at radius 2 is 2.27 bits per heavy atom. The lowest BCUT2D eigenvalue weighted by Gasteiger charge is -2.21. The lowest BCUT2D eigenvalue weighted by atomic mass is 10.1. The van der Waals surface area contributed by atoms with Crippen LogP contribution in [0.5, 0.6) is 0 Å². The van der Waals surface area contributed by atoms with Crippen LogP contribution in [-0.4, -0.2) is 29.3 Å². The van der Waals surface area contributed by atoms with E-state index in [0.29, 0.717) is 12.0 Å². The largest absolute Gasteiger partial charge is 0.383 e. The first-order valence-electron chi connectivity index (χ1n) is 5.33. The van der Waals surface area contributed by atoms with Gasteiger partial charge in [-0.1, -0.05) is 13.8 Å². The molecule has 1 rings (SSSR count). The van der Waals surface area contributed by atoms with E-state index in [0.717, 1.165) is 19.0 Å². The van der Waals surface area contributed by atoms with Crippen molar-refractivity contribution in [3.63, 3.8) is 0 Å². The minimum atomic E-state index is 0.381. The van der Waals surface area contributed by atoms with Crippen molar-refractivity contribution in [2.45, 2.75) is 26.4 Å². The number of aromatic nitrogens is 2. The molecule has 4 heteroatoms. The minimum Gasteiger partial charge on any atom is -0.383 e. The van der Waals surface area contributed by atoms with E-state index in [4.69, 9.17) is 4.74 Å². The summed E-state index contributed by atoms with van der Waals surface area (Å²) in [4.78, 5) is 4.27. The number of imidazole rings is 1. The molecule has 0 aromatic carbocycles. The number of hydrogen-bond acceptors (Lipinski definition) is 3. The van der Waals surface area contributed by atoms with Gasteiger partial charge in [0.05, 0.1) is 13.2 Å². The Morgan fingerprint density at radius 1 is 1.53 bits per heavy atom. The standard InChI is InChI=1S/C11H21N3O/c1-9(2)10(8-15-4)13-7-11-12-5-6-14(11)3/h5-6,9-10,13H,7-8H2,1-4H3. The average molecular weight is 211 g/mol. The Morgan fingerprint density at radius 3 is 2.73 bits per heavy atom. The van der Waals surface area contributed by atoms with Gasteiger partial charge in [0.25, 0.3) is 0 Å². The molecule has 0 spiro atoms. The molecule has 0 saturated heterocycles. The number of aryl methyl sites for hydroxylation is 1. The summed E-state index contributed by atoms with van der Waals surface area (Å²) in [5.74, 6) is 1.61. The lowest BCUT2D eigenvalue weighted by molar-refractivity contribution is 0.146. The summed E-state index contributed by atoms with van der Waals surface area (Å²) in [6.07, 6.45) is 3.77. The molecule has 0 amide bonds. The second-order valence-electron chi connectivity index (χ2n) is 4.14.